The van der Waals surface area contributed by atoms with Crippen molar-refractivity contribution in [3.63, 3.8) is 0 Å². The number of benzene rings is 1. The quantitative estimate of drug-likeness (QED) is 0.641. The van der Waals surface area contributed by atoms with E-state index in [0.29, 0.717) is 11.1 Å². The minimum absolute atomic E-state index is 0.0428. The Morgan fingerprint density at radius 3 is 2.63 bits per heavy atom. The van der Waals surface area contributed by atoms with Gasteiger partial charge < -0.3 is 4.90 Å². The van der Waals surface area contributed by atoms with Gasteiger partial charge in [0, 0.05) is 36.4 Å². The highest BCUT2D eigenvalue weighted by atomic mass is 19.1. The van der Waals surface area contributed by atoms with Crippen LogP contribution in [0, 0.1) is 12.7 Å². The maximum Gasteiger partial charge on any atom is 0.274 e. The number of pyridine rings is 1. The van der Waals surface area contributed by atoms with Gasteiger partial charge in [0.25, 0.3) is 5.91 Å². The van der Waals surface area contributed by atoms with Crippen molar-refractivity contribution in [2.75, 3.05) is 19.0 Å². The molecule has 2 aromatic rings. The van der Waals surface area contributed by atoms with Crippen LogP contribution >= 0.6 is 0 Å². The van der Waals surface area contributed by atoms with Crippen LogP contribution in [0.4, 0.5) is 10.1 Å². The summed E-state index contributed by atoms with van der Waals surface area (Å²) in [7, 11) is 3.65. The van der Waals surface area contributed by atoms with E-state index in [-0.39, 0.29) is 11.1 Å². The number of anilines is 1. The Labute approximate surface area is 109 Å². The molecule has 100 valence electrons. The summed E-state index contributed by atoms with van der Waals surface area (Å²) in [6.07, 6.45) is 0. The SMILES string of the molecule is Cc1cc(N(C)C)c2cc(C(=O)NO)cc(F)c2n1. The van der Waals surface area contributed by atoms with Gasteiger partial charge in [-0.25, -0.2) is 14.9 Å². The number of carbonyl (C=O) groups excluding carboxylic acids is 1. The topological polar surface area (TPSA) is 65.5 Å². The second kappa shape index (κ2) is 4.81. The Morgan fingerprint density at radius 1 is 1.37 bits per heavy atom. The molecule has 5 nitrogen and oxygen atoms in total. The minimum Gasteiger partial charge on any atom is -0.377 e. The van der Waals surface area contributed by atoms with Crippen molar-refractivity contribution in [1.29, 1.82) is 0 Å². The highest BCUT2D eigenvalue weighted by Gasteiger charge is 2.14. The number of aromatic nitrogens is 1. The second-order valence-corrected chi connectivity index (χ2v) is 4.47. The molecule has 0 aliphatic carbocycles. The van der Waals surface area contributed by atoms with E-state index in [1.807, 2.05) is 25.1 Å². The summed E-state index contributed by atoms with van der Waals surface area (Å²) >= 11 is 0. The van der Waals surface area contributed by atoms with E-state index >= 15 is 0 Å². The number of carbonyl (C=O) groups is 1. The van der Waals surface area contributed by atoms with Crippen molar-refractivity contribution >= 4 is 22.5 Å². The minimum atomic E-state index is -0.758. The predicted molar refractivity (Wildman–Crippen MR) is 70.0 cm³/mol. The van der Waals surface area contributed by atoms with Gasteiger partial charge in [0.2, 0.25) is 0 Å². The van der Waals surface area contributed by atoms with E-state index in [4.69, 9.17) is 5.21 Å². The molecule has 0 atom stereocenters. The molecular formula is C13H14FN3O2. The number of fused-ring (bicyclic) bond motifs is 1. The number of aryl methyl sites for hydroxylation is 1. The van der Waals surface area contributed by atoms with Gasteiger partial charge in [0.1, 0.15) is 11.3 Å². The molecule has 0 aliphatic heterocycles. The third-order valence-corrected chi connectivity index (χ3v) is 2.82. The average Bonchev–Trinajstić information content (AvgIpc) is 2.37. The summed E-state index contributed by atoms with van der Waals surface area (Å²) in [6.45, 7) is 1.78. The van der Waals surface area contributed by atoms with Crippen LogP contribution in [-0.4, -0.2) is 30.2 Å². The van der Waals surface area contributed by atoms with Crippen molar-refractivity contribution in [3.05, 3.63) is 35.3 Å². The van der Waals surface area contributed by atoms with Crippen LogP contribution in [0.1, 0.15) is 16.1 Å². The zero-order valence-corrected chi connectivity index (χ0v) is 10.9. The van der Waals surface area contributed by atoms with Crippen LogP contribution in [0.25, 0.3) is 10.9 Å². The molecule has 0 fully saturated rings. The molecule has 1 aromatic carbocycles. The number of halogens is 1. The van der Waals surface area contributed by atoms with E-state index < -0.39 is 11.7 Å². The van der Waals surface area contributed by atoms with Crippen LogP contribution in [0.3, 0.4) is 0 Å². The van der Waals surface area contributed by atoms with E-state index in [1.165, 1.54) is 11.5 Å². The molecular weight excluding hydrogens is 249 g/mol. The first kappa shape index (κ1) is 13.2. The first-order valence-corrected chi connectivity index (χ1v) is 5.66. The largest absolute Gasteiger partial charge is 0.377 e. The van der Waals surface area contributed by atoms with Gasteiger partial charge in [0.05, 0.1) is 0 Å². The van der Waals surface area contributed by atoms with Crippen LogP contribution in [-0.2, 0) is 0 Å². The molecule has 0 aliphatic rings. The summed E-state index contributed by atoms with van der Waals surface area (Å²) in [5.74, 6) is -1.35. The van der Waals surface area contributed by atoms with Gasteiger partial charge in [-0.3, -0.25) is 10.0 Å². The number of hydrogen-bond acceptors (Lipinski definition) is 4. The molecule has 0 spiro atoms. The summed E-state index contributed by atoms with van der Waals surface area (Å²) < 4.78 is 14.0. The highest BCUT2D eigenvalue weighted by molar-refractivity contribution is 6.01. The summed E-state index contributed by atoms with van der Waals surface area (Å²) in [6, 6.07) is 4.37. The maximum atomic E-state index is 14.0. The Kier molecular flexibility index (Phi) is 3.35. The summed E-state index contributed by atoms with van der Waals surface area (Å²) in [5.41, 5.74) is 3.19. The van der Waals surface area contributed by atoms with Crippen LogP contribution in [0.15, 0.2) is 18.2 Å². The highest BCUT2D eigenvalue weighted by Crippen LogP contribution is 2.28. The Balaban J connectivity index is 2.81. The van der Waals surface area contributed by atoms with Gasteiger partial charge >= 0.3 is 0 Å². The first-order chi connectivity index (χ1) is 8.93. The lowest BCUT2D eigenvalue weighted by atomic mass is 10.1. The molecule has 6 heteroatoms. The number of nitrogens with one attached hydrogen (secondary N) is 1. The predicted octanol–water partition coefficient (Wildman–Crippen LogP) is 1.87. The van der Waals surface area contributed by atoms with Crippen LogP contribution in [0.5, 0.6) is 0 Å². The fourth-order valence-corrected chi connectivity index (χ4v) is 1.96. The summed E-state index contributed by atoms with van der Waals surface area (Å²) in [5, 5.41) is 9.15. The monoisotopic (exact) mass is 263 g/mol. The van der Waals surface area contributed by atoms with Crippen molar-refractivity contribution in [3.8, 4) is 0 Å². The first-order valence-electron chi connectivity index (χ1n) is 5.66. The third-order valence-electron chi connectivity index (χ3n) is 2.82. The Hall–Kier alpha value is -2.21. The van der Waals surface area contributed by atoms with Crippen molar-refractivity contribution in [2.24, 2.45) is 0 Å². The normalized spacial score (nSPS) is 10.6. The maximum absolute atomic E-state index is 14.0. The molecule has 1 aromatic heterocycles. The van der Waals surface area contributed by atoms with E-state index in [9.17, 15) is 9.18 Å². The molecule has 0 saturated carbocycles. The number of hydrogen-bond donors (Lipinski definition) is 2. The molecule has 1 amide bonds. The summed E-state index contributed by atoms with van der Waals surface area (Å²) in [4.78, 5) is 17.4. The Bertz CT molecular complexity index is 656. The van der Waals surface area contributed by atoms with Gasteiger partial charge in [-0.05, 0) is 25.1 Å². The number of rotatable bonds is 2. The number of hydroxylamine groups is 1. The van der Waals surface area contributed by atoms with Gasteiger partial charge in [-0.1, -0.05) is 0 Å². The van der Waals surface area contributed by atoms with Crippen molar-refractivity contribution in [2.45, 2.75) is 6.92 Å². The van der Waals surface area contributed by atoms with Crippen molar-refractivity contribution in [1.82, 2.24) is 10.5 Å². The van der Waals surface area contributed by atoms with E-state index in [1.54, 1.807) is 6.92 Å². The lowest BCUT2D eigenvalue weighted by Gasteiger charge is -2.17. The molecule has 0 saturated heterocycles. The zero-order chi connectivity index (χ0) is 14.2. The molecule has 0 bridgehead atoms. The van der Waals surface area contributed by atoms with Gasteiger partial charge in [-0.15, -0.1) is 0 Å². The third kappa shape index (κ3) is 2.34. The van der Waals surface area contributed by atoms with Gasteiger partial charge in [-0.2, -0.15) is 0 Å². The molecule has 0 unspecified atom stereocenters. The second-order valence-electron chi connectivity index (χ2n) is 4.47. The number of nitrogens with zero attached hydrogens (tertiary/aromatic N) is 2. The molecule has 19 heavy (non-hydrogen) atoms. The lowest BCUT2D eigenvalue weighted by Crippen LogP contribution is -2.19. The van der Waals surface area contributed by atoms with Crippen LogP contribution < -0.4 is 10.4 Å². The average molecular weight is 263 g/mol. The van der Waals surface area contributed by atoms with Crippen molar-refractivity contribution < 1.29 is 14.4 Å². The smallest absolute Gasteiger partial charge is 0.274 e. The van der Waals surface area contributed by atoms with Crippen LogP contribution in [0.2, 0.25) is 0 Å². The van der Waals surface area contributed by atoms with E-state index in [2.05, 4.69) is 4.98 Å². The standard InChI is InChI=1S/C13H14FN3O2/c1-7-4-11(17(2)3)9-5-8(13(18)16-19)6-10(14)12(9)15-7/h4-6,19H,1-3H3,(H,16,18). The molecule has 2 rings (SSSR count). The fraction of sp³-hybridized carbons (Fsp3) is 0.231. The van der Waals surface area contributed by atoms with Gasteiger partial charge in [0.15, 0.2) is 0 Å². The fourth-order valence-electron chi connectivity index (χ4n) is 1.96. The van der Waals surface area contributed by atoms with E-state index in [0.717, 1.165) is 11.8 Å². The molecule has 0 radical (unpaired) electrons. The zero-order valence-electron chi connectivity index (χ0n) is 10.9. The Morgan fingerprint density at radius 2 is 2.05 bits per heavy atom. The molecule has 1 heterocycles. The number of amides is 1. The molecule has 2 N–H and O–H groups in total. The lowest BCUT2D eigenvalue weighted by molar-refractivity contribution is 0.0706.